The fraction of sp³-hybridized carbons (Fsp3) is 0.300. The summed E-state index contributed by atoms with van der Waals surface area (Å²) < 4.78 is 37.7. The van der Waals surface area contributed by atoms with E-state index < -0.39 is 23.4 Å². The number of aryl methyl sites for hydroxylation is 3. The van der Waals surface area contributed by atoms with Crippen LogP contribution in [-0.4, -0.2) is 75.7 Å². The zero-order valence-corrected chi connectivity index (χ0v) is 24.1. The molecule has 3 aromatic heterocycles. The first kappa shape index (κ1) is 29.7. The number of nitrogens with one attached hydrogen (secondary N) is 3. The Hall–Kier alpha value is -4.75. The highest BCUT2D eigenvalue weighted by molar-refractivity contribution is 6.07. The largest absolute Gasteiger partial charge is 0.379 e. The predicted octanol–water partition coefficient (Wildman–Crippen LogP) is 3.21. The van der Waals surface area contributed by atoms with Crippen molar-refractivity contribution in [1.82, 2.24) is 23.9 Å². The normalized spacial score (nSPS) is 13.6. The molecule has 1 fully saturated rings. The van der Waals surface area contributed by atoms with Crippen molar-refractivity contribution >= 4 is 29.1 Å². The summed E-state index contributed by atoms with van der Waals surface area (Å²) in [5.41, 5.74) is 2.34. The first-order chi connectivity index (χ1) is 20.6. The lowest BCUT2D eigenvalue weighted by Crippen LogP contribution is -2.41. The highest BCUT2D eigenvalue weighted by Gasteiger charge is 2.20. The number of hydrogen-bond acceptors (Lipinski definition) is 5. The summed E-state index contributed by atoms with van der Waals surface area (Å²) in [6.45, 7) is 4.29. The molecule has 0 spiro atoms. The van der Waals surface area contributed by atoms with Gasteiger partial charge in [-0.25, -0.2) is 8.78 Å². The van der Waals surface area contributed by atoms with Crippen LogP contribution in [0.2, 0.25) is 0 Å². The molecule has 11 nitrogen and oxygen atoms in total. The molecule has 1 saturated heterocycles. The molecule has 1 aliphatic rings. The molecule has 226 valence electrons. The van der Waals surface area contributed by atoms with E-state index in [0.717, 1.165) is 31.8 Å². The van der Waals surface area contributed by atoms with Crippen LogP contribution in [0.4, 0.5) is 20.2 Å². The van der Waals surface area contributed by atoms with Crippen LogP contribution in [0.15, 0.2) is 55.0 Å². The number of hydrogen-bond donors (Lipinski definition) is 3. The Labute approximate surface area is 247 Å². The lowest BCUT2D eigenvalue weighted by atomic mass is 10.1. The van der Waals surface area contributed by atoms with Crippen molar-refractivity contribution < 1.29 is 27.9 Å². The van der Waals surface area contributed by atoms with Gasteiger partial charge in [0, 0.05) is 83.1 Å². The third-order valence-electron chi connectivity index (χ3n) is 7.29. The molecular weight excluding hydrogens is 560 g/mol. The van der Waals surface area contributed by atoms with Crippen molar-refractivity contribution in [3.63, 3.8) is 0 Å². The van der Waals surface area contributed by atoms with E-state index in [4.69, 9.17) is 4.74 Å². The van der Waals surface area contributed by atoms with Crippen molar-refractivity contribution in [2.75, 3.05) is 50.0 Å². The van der Waals surface area contributed by atoms with Crippen LogP contribution in [0.3, 0.4) is 0 Å². The Bertz CT molecular complexity index is 1670. The van der Waals surface area contributed by atoms with Gasteiger partial charge in [0.25, 0.3) is 17.7 Å². The molecule has 0 unspecified atom stereocenters. The number of amides is 3. The number of carbonyl (C=O) groups is 3. The second-order valence-electron chi connectivity index (χ2n) is 10.4. The Morgan fingerprint density at radius 1 is 0.767 bits per heavy atom. The summed E-state index contributed by atoms with van der Waals surface area (Å²) in [7, 11) is 5.03. The molecule has 13 heteroatoms. The molecule has 0 aliphatic carbocycles. The fourth-order valence-electron chi connectivity index (χ4n) is 5.01. The van der Waals surface area contributed by atoms with Crippen molar-refractivity contribution in [2.24, 2.45) is 21.1 Å². The SMILES string of the molecule is Cn1cc(NC(=O)c2cc(NC(=O)c3cc(-c4ccc(F)cc4F)cn3C)cn2C)cc1C(=O)NCCN1CCOCC1. The van der Waals surface area contributed by atoms with Gasteiger partial charge < -0.3 is 34.4 Å². The maximum atomic E-state index is 14.3. The summed E-state index contributed by atoms with van der Waals surface area (Å²) in [6, 6.07) is 7.90. The second-order valence-corrected chi connectivity index (χ2v) is 10.4. The Morgan fingerprint density at radius 3 is 1.93 bits per heavy atom. The van der Waals surface area contributed by atoms with Gasteiger partial charge in [-0.05, 0) is 30.3 Å². The minimum absolute atomic E-state index is 0.171. The van der Waals surface area contributed by atoms with Gasteiger partial charge in [0.1, 0.15) is 28.7 Å². The first-order valence-electron chi connectivity index (χ1n) is 13.7. The van der Waals surface area contributed by atoms with Crippen molar-refractivity contribution in [3.8, 4) is 11.1 Å². The van der Waals surface area contributed by atoms with E-state index in [9.17, 15) is 23.2 Å². The quantitative estimate of drug-likeness (QED) is 0.276. The van der Waals surface area contributed by atoms with Crippen LogP contribution in [0, 0.1) is 11.6 Å². The van der Waals surface area contributed by atoms with Crippen LogP contribution < -0.4 is 16.0 Å². The van der Waals surface area contributed by atoms with Gasteiger partial charge in [0.2, 0.25) is 0 Å². The van der Waals surface area contributed by atoms with Crippen LogP contribution in [-0.2, 0) is 25.9 Å². The number of morpholine rings is 1. The average molecular weight is 594 g/mol. The van der Waals surface area contributed by atoms with Gasteiger partial charge in [0.05, 0.1) is 24.6 Å². The number of carbonyl (C=O) groups excluding carboxylic acids is 3. The van der Waals surface area contributed by atoms with Crippen LogP contribution >= 0.6 is 0 Å². The molecule has 1 aromatic carbocycles. The minimum Gasteiger partial charge on any atom is -0.379 e. The minimum atomic E-state index is -0.730. The van der Waals surface area contributed by atoms with E-state index in [-0.39, 0.29) is 22.9 Å². The molecular formula is C30H33F2N7O4. The highest BCUT2D eigenvalue weighted by atomic mass is 19.1. The lowest BCUT2D eigenvalue weighted by molar-refractivity contribution is 0.0383. The third kappa shape index (κ3) is 6.84. The second kappa shape index (κ2) is 12.6. The van der Waals surface area contributed by atoms with Gasteiger partial charge in [-0.1, -0.05) is 0 Å². The van der Waals surface area contributed by atoms with Crippen molar-refractivity contribution in [3.05, 3.63) is 83.7 Å². The topological polar surface area (TPSA) is 115 Å². The van der Waals surface area contributed by atoms with Gasteiger partial charge >= 0.3 is 0 Å². The molecule has 1 aliphatic heterocycles. The molecule has 0 bridgehead atoms. The smallest absolute Gasteiger partial charge is 0.272 e. The summed E-state index contributed by atoms with van der Waals surface area (Å²) >= 11 is 0. The van der Waals surface area contributed by atoms with Gasteiger partial charge in [-0.15, -0.1) is 0 Å². The molecule has 0 saturated carbocycles. The summed E-state index contributed by atoms with van der Waals surface area (Å²) in [6.07, 6.45) is 4.82. The number of anilines is 2. The van der Waals surface area contributed by atoms with E-state index in [2.05, 4.69) is 20.9 Å². The van der Waals surface area contributed by atoms with E-state index in [1.807, 2.05) is 0 Å². The molecule has 3 amide bonds. The number of halogens is 2. The summed E-state index contributed by atoms with van der Waals surface area (Å²) in [5.74, 6) is -2.56. The van der Waals surface area contributed by atoms with Crippen molar-refractivity contribution in [2.45, 2.75) is 0 Å². The van der Waals surface area contributed by atoms with E-state index in [0.29, 0.717) is 42.4 Å². The number of rotatable bonds is 9. The lowest BCUT2D eigenvalue weighted by Gasteiger charge is -2.26. The van der Waals surface area contributed by atoms with E-state index in [1.54, 1.807) is 54.9 Å². The maximum absolute atomic E-state index is 14.3. The number of ether oxygens (including phenoxy) is 1. The summed E-state index contributed by atoms with van der Waals surface area (Å²) in [5, 5.41) is 8.47. The molecule has 43 heavy (non-hydrogen) atoms. The van der Waals surface area contributed by atoms with Crippen LogP contribution in [0.5, 0.6) is 0 Å². The zero-order chi connectivity index (χ0) is 30.7. The monoisotopic (exact) mass is 593 g/mol. The van der Waals surface area contributed by atoms with Crippen LogP contribution in [0.1, 0.15) is 31.5 Å². The maximum Gasteiger partial charge on any atom is 0.272 e. The molecule has 4 aromatic rings. The van der Waals surface area contributed by atoms with Gasteiger partial charge in [-0.2, -0.15) is 0 Å². The first-order valence-corrected chi connectivity index (χ1v) is 13.7. The van der Waals surface area contributed by atoms with Crippen LogP contribution in [0.25, 0.3) is 11.1 Å². The van der Waals surface area contributed by atoms with E-state index in [1.165, 1.54) is 22.8 Å². The van der Waals surface area contributed by atoms with E-state index >= 15 is 0 Å². The number of aromatic nitrogens is 3. The number of benzene rings is 1. The molecule has 5 rings (SSSR count). The average Bonchev–Trinajstić information content (AvgIpc) is 3.65. The standard InChI is InChI=1S/C30H33F2N7O4/c1-36-16-19(23-5-4-20(31)13-24(23)32)12-25(36)29(41)34-22-15-27(38(3)18-22)30(42)35-21-14-26(37(2)17-21)28(40)33-6-7-39-8-10-43-11-9-39/h4-5,12-18H,6-11H2,1-3H3,(H,33,40)(H,34,41)(H,35,42). The highest BCUT2D eigenvalue weighted by Crippen LogP contribution is 2.26. The van der Waals surface area contributed by atoms with Gasteiger partial charge in [-0.3, -0.25) is 19.3 Å². The molecule has 0 radical (unpaired) electrons. The Morgan fingerprint density at radius 2 is 1.33 bits per heavy atom. The Balaban J connectivity index is 1.20. The van der Waals surface area contributed by atoms with Crippen molar-refractivity contribution in [1.29, 1.82) is 0 Å². The molecule has 3 N–H and O–H groups in total. The third-order valence-corrected chi connectivity index (χ3v) is 7.29. The zero-order valence-electron chi connectivity index (χ0n) is 24.1. The number of nitrogens with zero attached hydrogens (tertiary/aromatic N) is 4. The molecule has 0 atom stereocenters. The summed E-state index contributed by atoms with van der Waals surface area (Å²) in [4.78, 5) is 41.0. The predicted molar refractivity (Wildman–Crippen MR) is 157 cm³/mol. The van der Waals surface area contributed by atoms with Gasteiger partial charge in [0.15, 0.2) is 0 Å². The molecule has 4 heterocycles. The fourth-order valence-corrected chi connectivity index (χ4v) is 5.01. The Kier molecular flexibility index (Phi) is 8.73.